The van der Waals surface area contributed by atoms with Crippen molar-refractivity contribution < 1.29 is 13.2 Å². The summed E-state index contributed by atoms with van der Waals surface area (Å²) in [6.07, 6.45) is 2.48. The van der Waals surface area contributed by atoms with Gasteiger partial charge in [0.25, 0.3) is 0 Å². The van der Waals surface area contributed by atoms with Gasteiger partial charge in [0.05, 0.1) is 11.3 Å². The number of halogens is 3. The molecule has 10 heteroatoms. The lowest BCUT2D eigenvalue weighted by atomic mass is 10.2. The lowest BCUT2D eigenvalue weighted by Crippen LogP contribution is -2.12. The molecular formula is C13H11F3N6S. The Morgan fingerprint density at radius 2 is 2.00 bits per heavy atom. The number of aromatic nitrogens is 5. The quantitative estimate of drug-likeness (QED) is 0.571. The van der Waals surface area contributed by atoms with Crippen molar-refractivity contribution >= 4 is 11.8 Å². The minimum atomic E-state index is -2.67. The van der Waals surface area contributed by atoms with Crippen LogP contribution >= 0.6 is 11.8 Å². The molecule has 0 aliphatic rings. The van der Waals surface area contributed by atoms with Crippen LogP contribution in [0.25, 0.3) is 11.4 Å². The first-order valence-electron chi connectivity index (χ1n) is 6.46. The first kappa shape index (κ1) is 15.4. The van der Waals surface area contributed by atoms with Crippen LogP contribution in [-0.2, 0) is 5.75 Å². The number of nitrogens with zero attached hydrogens (tertiary/aromatic N) is 5. The molecule has 0 atom stereocenters. The second kappa shape index (κ2) is 6.32. The average Bonchev–Trinajstić information content (AvgIpc) is 3.13. The van der Waals surface area contributed by atoms with E-state index in [1.165, 1.54) is 24.5 Å². The van der Waals surface area contributed by atoms with Gasteiger partial charge in [0.15, 0.2) is 5.82 Å². The van der Waals surface area contributed by atoms with Crippen molar-refractivity contribution in [2.75, 3.05) is 5.84 Å². The molecule has 0 amide bonds. The number of imidazole rings is 1. The molecule has 1 aromatic carbocycles. The summed E-state index contributed by atoms with van der Waals surface area (Å²) in [6, 6.07) is 6.02. The predicted molar refractivity (Wildman–Crippen MR) is 78.6 cm³/mol. The van der Waals surface area contributed by atoms with E-state index < -0.39 is 12.4 Å². The van der Waals surface area contributed by atoms with E-state index in [1.54, 1.807) is 12.1 Å². The van der Waals surface area contributed by atoms with Gasteiger partial charge in [-0.1, -0.05) is 23.9 Å². The Balaban J connectivity index is 1.80. The van der Waals surface area contributed by atoms with Crippen LogP contribution in [-0.4, -0.2) is 24.4 Å². The highest BCUT2D eigenvalue weighted by Gasteiger charge is 2.17. The molecule has 0 aliphatic heterocycles. The number of rotatable bonds is 5. The Morgan fingerprint density at radius 1 is 1.22 bits per heavy atom. The van der Waals surface area contributed by atoms with Crippen LogP contribution in [0.4, 0.5) is 13.2 Å². The molecule has 0 saturated carbocycles. The first-order valence-corrected chi connectivity index (χ1v) is 7.44. The van der Waals surface area contributed by atoms with Crippen molar-refractivity contribution in [1.82, 2.24) is 24.4 Å². The molecule has 3 aromatic rings. The third-order valence-electron chi connectivity index (χ3n) is 3.07. The molecule has 2 heterocycles. The number of hydrogen-bond donors (Lipinski definition) is 1. The summed E-state index contributed by atoms with van der Waals surface area (Å²) in [4.78, 5) is 3.87. The minimum absolute atomic E-state index is 0.129. The van der Waals surface area contributed by atoms with Gasteiger partial charge in [-0.3, -0.25) is 4.57 Å². The number of benzene rings is 1. The minimum Gasteiger partial charge on any atom is -0.335 e. The lowest BCUT2D eigenvalue weighted by Gasteiger charge is -2.06. The molecule has 6 nitrogen and oxygen atoms in total. The Hall–Kier alpha value is -2.49. The zero-order valence-corrected chi connectivity index (χ0v) is 12.4. The van der Waals surface area contributed by atoms with Crippen molar-refractivity contribution in [2.45, 2.75) is 17.5 Å². The number of hydrogen-bond acceptors (Lipinski definition) is 5. The fourth-order valence-corrected chi connectivity index (χ4v) is 2.77. The van der Waals surface area contributed by atoms with E-state index in [1.807, 2.05) is 0 Å². The van der Waals surface area contributed by atoms with E-state index in [0.717, 1.165) is 21.0 Å². The van der Waals surface area contributed by atoms with Gasteiger partial charge < -0.3 is 5.84 Å². The molecule has 0 aliphatic carbocycles. The third kappa shape index (κ3) is 3.02. The Bertz CT molecular complexity index is 816. The van der Waals surface area contributed by atoms with Crippen molar-refractivity contribution in [3.63, 3.8) is 0 Å². The molecule has 0 saturated heterocycles. The van der Waals surface area contributed by atoms with Gasteiger partial charge >= 0.3 is 6.55 Å². The van der Waals surface area contributed by atoms with Crippen LogP contribution in [0.15, 0.2) is 41.8 Å². The fraction of sp³-hybridized carbons (Fsp3) is 0.154. The second-order valence-corrected chi connectivity index (χ2v) is 5.42. The normalized spacial score (nSPS) is 11.3. The lowest BCUT2D eigenvalue weighted by molar-refractivity contribution is 0.0678. The highest BCUT2D eigenvalue weighted by molar-refractivity contribution is 7.98. The summed E-state index contributed by atoms with van der Waals surface area (Å²) in [6.45, 7) is -2.67. The van der Waals surface area contributed by atoms with Gasteiger partial charge in [-0.15, -0.1) is 10.2 Å². The van der Waals surface area contributed by atoms with Crippen LogP contribution in [0.5, 0.6) is 0 Å². The van der Waals surface area contributed by atoms with Crippen molar-refractivity contribution in [2.24, 2.45) is 0 Å². The van der Waals surface area contributed by atoms with E-state index in [2.05, 4.69) is 15.2 Å². The van der Waals surface area contributed by atoms with E-state index in [9.17, 15) is 13.2 Å². The predicted octanol–water partition coefficient (Wildman–Crippen LogP) is 2.68. The van der Waals surface area contributed by atoms with Gasteiger partial charge in [0.1, 0.15) is 11.6 Å². The third-order valence-corrected chi connectivity index (χ3v) is 4.01. The number of nitrogen functional groups attached to an aromatic ring is 1. The summed E-state index contributed by atoms with van der Waals surface area (Å²) < 4.78 is 41.2. The van der Waals surface area contributed by atoms with Crippen LogP contribution in [0.2, 0.25) is 0 Å². The molecule has 0 radical (unpaired) electrons. The molecule has 120 valence electrons. The maximum Gasteiger partial charge on any atom is 0.319 e. The van der Waals surface area contributed by atoms with E-state index in [0.29, 0.717) is 0 Å². The number of nitrogens with two attached hydrogens (primary N) is 1. The van der Waals surface area contributed by atoms with Gasteiger partial charge in [0.2, 0.25) is 5.16 Å². The van der Waals surface area contributed by atoms with E-state index >= 15 is 0 Å². The van der Waals surface area contributed by atoms with Gasteiger partial charge in [-0.25, -0.2) is 14.1 Å². The van der Waals surface area contributed by atoms with Crippen LogP contribution in [0.1, 0.15) is 12.4 Å². The SMILES string of the molecule is Nn1c(SCc2nccn2C(F)F)nnc1-c1ccccc1F. The van der Waals surface area contributed by atoms with Crippen LogP contribution < -0.4 is 5.84 Å². The highest BCUT2D eigenvalue weighted by Crippen LogP contribution is 2.26. The molecule has 2 aromatic heterocycles. The Kier molecular flexibility index (Phi) is 4.24. The largest absolute Gasteiger partial charge is 0.335 e. The topological polar surface area (TPSA) is 74.6 Å². The Morgan fingerprint density at radius 3 is 2.74 bits per heavy atom. The first-order chi connectivity index (χ1) is 11.1. The smallest absolute Gasteiger partial charge is 0.319 e. The summed E-state index contributed by atoms with van der Waals surface area (Å²) in [5.41, 5.74) is 0.212. The molecule has 3 rings (SSSR count). The fourth-order valence-electron chi connectivity index (χ4n) is 1.96. The molecule has 0 fully saturated rings. The number of alkyl halides is 2. The molecular weight excluding hydrogens is 329 g/mol. The van der Waals surface area contributed by atoms with Crippen LogP contribution in [0.3, 0.4) is 0 Å². The second-order valence-electron chi connectivity index (χ2n) is 4.47. The molecule has 0 spiro atoms. The maximum absolute atomic E-state index is 13.8. The standard InChI is InChI=1S/C13H11F3N6S/c14-9-4-2-1-3-8(9)11-19-20-13(22(11)17)23-7-10-18-5-6-21(10)12(15)16/h1-6,12H,7,17H2. The summed E-state index contributed by atoms with van der Waals surface area (Å²) in [5, 5.41) is 7.99. The van der Waals surface area contributed by atoms with Crippen molar-refractivity contribution in [3.05, 3.63) is 48.3 Å². The van der Waals surface area contributed by atoms with Gasteiger partial charge in [-0.2, -0.15) is 8.78 Å². The van der Waals surface area contributed by atoms with Crippen molar-refractivity contribution in [1.29, 1.82) is 0 Å². The average molecular weight is 340 g/mol. The molecule has 23 heavy (non-hydrogen) atoms. The van der Waals surface area contributed by atoms with Crippen LogP contribution in [0, 0.1) is 5.82 Å². The highest BCUT2D eigenvalue weighted by atomic mass is 32.2. The molecule has 2 N–H and O–H groups in total. The zero-order valence-electron chi connectivity index (χ0n) is 11.6. The maximum atomic E-state index is 13.8. The monoisotopic (exact) mass is 340 g/mol. The van der Waals surface area contributed by atoms with E-state index in [-0.39, 0.29) is 28.1 Å². The van der Waals surface area contributed by atoms with Gasteiger partial charge in [0, 0.05) is 12.4 Å². The summed E-state index contributed by atoms with van der Waals surface area (Å²) in [5.74, 6) is 5.86. The number of thioether (sulfide) groups is 1. The zero-order chi connectivity index (χ0) is 16.4. The Labute approximate surface area is 133 Å². The van der Waals surface area contributed by atoms with E-state index in [4.69, 9.17) is 5.84 Å². The summed E-state index contributed by atoms with van der Waals surface area (Å²) in [7, 11) is 0. The summed E-state index contributed by atoms with van der Waals surface area (Å²) >= 11 is 1.08. The molecule has 0 bridgehead atoms. The molecule has 0 unspecified atom stereocenters. The van der Waals surface area contributed by atoms with Gasteiger partial charge in [-0.05, 0) is 12.1 Å². The van der Waals surface area contributed by atoms with Crippen molar-refractivity contribution in [3.8, 4) is 11.4 Å².